The topological polar surface area (TPSA) is 111 Å². The zero-order valence-electron chi connectivity index (χ0n) is 22.9. The van der Waals surface area contributed by atoms with E-state index >= 15 is 0 Å². The van der Waals surface area contributed by atoms with Crippen LogP contribution in [0.25, 0.3) is 10.9 Å². The molecule has 39 heavy (non-hydrogen) atoms. The number of hydrogen-bond acceptors (Lipinski definition) is 7. The standard InChI is InChI=1S/C29H36N4O6/c1-29(2,3)10-12-31-28(35)32-20-5-7-21(8-6-20)39-24-9-11-30-23-18-26(25(36-4)17-22(23)24)38-19-27(34)33-13-15-37-16-14-33/h5-9,11,17-18H,10,12-16,19H2,1-4H3,(H2,31,32,35). The third-order valence-corrected chi connectivity index (χ3v) is 6.20. The number of morpholine rings is 1. The molecule has 208 valence electrons. The minimum Gasteiger partial charge on any atom is -0.493 e. The first-order valence-corrected chi connectivity index (χ1v) is 13.0. The molecule has 1 aliphatic rings. The fourth-order valence-electron chi connectivity index (χ4n) is 3.99. The number of pyridine rings is 1. The summed E-state index contributed by atoms with van der Waals surface area (Å²) in [6.07, 6.45) is 2.53. The number of carbonyl (C=O) groups excluding carboxylic acids is 2. The Hall–Kier alpha value is -4.05. The number of urea groups is 1. The van der Waals surface area contributed by atoms with Crippen molar-refractivity contribution in [1.29, 1.82) is 0 Å². The van der Waals surface area contributed by atoms with Crippen LogP contribution in [0.15, 0.2) is 48.7 Å². The summed E-state index contributed by atoms with van der Waals surface area (Å²) in [5.74, 6) is 1.96. The number of aromatic nitrogens is 1. The molecule has 0 bridgehead atoms. The van der Waals surface area contributed by atoms with Crippen LogP contribution in [0.5, 0.6) is 23.0 Å². The Bertz CT molecular complexity index is 1280. The van der Waals surface area contributed by atoms with E-state index in [1.165, 1.54) is 0 Å². The van der Waals surface area contributed by atoms with Gasteiger partial charge in [0, 0.05) is 43.0 Å². The molecule has 0 saturated carbocycles. The Kier molecular flexibility index (Phi) is 9.08. The van der Waals surface area contributed by atoms with Crippen molar-refractivity contribution in [2.24, 2.45) is 5.41 Å². The minimum atomic E-state index is -0.246. The lowest BCUT2D eigenvalue weighted by Crippen LogP contribution is -2.43. The summed E-state index contributed by atoms with van der Waals surface area (Å²) in [5.41, 5.74) is 1.45. The minimum absolute atomic E-state index is 0.104. The van der Waals surface area contributed by atoms with Crippen LogP contribution in [-0.4, -0.2) is 68.4 Å². The van der Waals surface area contributed by atoms with E-state index in [2.05, 4.69) is 36.4 Å². The molecule has 3 aromatic rings. The van der Waals surface area contributed by atoms with Crippen molar-refractivity contribution in [2.45, 2.75) is 27.2 Å². The Morgan fingerprint density at radius 1 is 1.03 bits per heavy atom. The molecule has 2 N–H and O–H groups in total. The molecule has 0 unspecified atom stereocenters. The lowest BCUT2D eigenvalue weighted by atomic mass is 9.92. The zero-order chi connectivity index (χ0) is 27.8. The van der Waals surface area contributed by atoms with Gasteiger partial charge in [-0.25, -0.2) is 4.79 Å². The monoisotopic (exact) mass is 536 g/mol. The molecule has 0 spiro atoms. The molecular weight excluding hydrogens is 500 g/mol. The smallest absolute Gasteiger partial charge is 0.319 e. The number of anilines is 1. The zero-order valence-corrected chi connectivity index (χ0v) is 22.9. The Labute approximate surface area is 228 Å². The summed E-state index contributed by atoms with van der Waals surface area (Å²) in [5, 5.41) is 6.43. The third-order valence-electron chi connectivity index (χ3n) is 6.20. The number of rotatable bonds is 9. The summed E-state index contributed by atoms with van der Waals surface area (Å²) >= 11 is 0. The van der Waals surface area contributed by atoms with Crippen molar-refractivity contribution in [1.82, 2.24) is 15.2 Å². The average molecular weight is 537 g/mol. The normalized spacial score (nSPS) is 13.6. The van der Waals surface area contributed by atoms with Gasteiger partial charge in [-0.15, -0.1) is 0 Å². The molecule has 10 nitrogen and oxygen atoms in total. The van der Waals surface area contributed by atoms with Gasteiger partial charge in [0.1, 0.15) is 11.5 Å². The van der Waals surface area contributed by atoms with E-state index in [4.69, 9.17) is 18.9 Å². The summed E-state index contributed by atoms with van der Waals surface area (Å²) in [7, 11) is 1.54. The second-order valence-corrected chi connectivity index (χ2v) is 10.4. The lowest BCUT2D eigenvalue weighted by molar-refractivity contribution is -0.137. The number of fused-ring (bicyclic) bond motifs is 1. The van der Waals surface area contributed by atoms with Crippen molar-refractivity contribution >= 4 is 28.5 Å². The number of nitrogens with zero attached hydrogens (tertiary/aromatic N) is 2. The molecule has 0 radical (unpaired) electrons. The molecule has 1 fully saturated rings. The average Bonchev–Trinajstić information content (AvgIpc) is 2.92. The number of carbonyl (C=O) groups is 2. The van der Waals surface area contributed by atoms with E-state index in [9.17, 15) is 9.59 Å². The van der Waals surface area contributed by atoms with Gasteiger partial charge in [-0.3, -0.25) is 9.78 Å². The quantitative estimate of drug-likeness (QED) is 0.403. The highest BCUT2D eigenvalue weighted by atomic mass is 16.5. The van der Waals surface area contributed by atoms with Crippen LogP contribution < -0.4 is 24.8 Å². The Morgan fingerprint density at radius 2 is 1.77 bits per heavy atom. The van der Waals surface area contributed by atoms with Gasteiger partial charge >= 0.3 is 6.03 Å². The van der Waals surface area contributed by atoms with E-state index in [0.29, 0.717) is 67.1 Å². The molecule has 1 aromatic heterocycles. The van der Waals surface area contributed by atoms with Crippen LogP contribution >= 0.6 is 0 Å². The van der Waals surface area contributed by atoms with Crippen molar-refractivity contribution in [3.05, 3.63) is 48.7 Å². The first-order chi connectivity index (χ1) is 18.7. The van der Waals surface area contributed by atoms with Gasteiger partial charge in [0.05, 0.1) is 25.8 Å². The number of methoxy groups -OCH3 is 1. The fourth-order valence-corrected chi connectivity index (χ4v) is 3.99. The van der Waals surface area contributed by atoms with E-state index in [1.807, 2.05) is 0 Å². The summed E-state index contributed by atoms with van der Waals surface area (Å²) in [6, 6.07) is 12.2. The predicted octanol–water partition coefficient (Wildman–Crippen LogP) is 4.83. The fraction of sp³-hybridized carbons (Fsp3) is 0.414. The number of hydrogen-bond donors (Lipinski definition) is 2. The van der Waals surface area contributed by atoms with E-state index in [1.54, 1.807) is 60.7 Å². The van der Waals surface area contributed by atoms with Crippen LogP contribution in [0, 0.1) is 5.41 Å². The van der Waals surface area contributed by atoms with Gasteiger partial charge in [0.25, 0.3) is 5.91 Å². The maximum atomic E-state index is 12.5. The van der Waals surface area contributed by atoms with Crippen LogP contribution in [0.4, 0.5) is 10.5 Å². The summed E-state index contributed by atoms with van der Waals surface area (Å²) in [6.45, 7) is 9.08. The second-order valence-electron chi connectivity index (χ2n) is 10.4. The molecule has 0 atom stereocenters. The lowest BCUT2D eigenvalue weighted by Gasteiger charge is -2.26. The molecule has 2 aromatic carbocycles. The van der Waals surface area contributed by atoms with Gasteiger partial charge in [-0.05, 0) is 48.2 Å². The summed E-state index contributed by atoms with van der Waals surface area (Å²) in [4.78, 5) is 30.8. The molecule has 4 rings (SSSR count). The molecule has 2 heterocycles. The van der Waals surface area contributed by atoms with Gasteiger partial charge in [0.15, 0.2) is 18.1 Å². The highest BCUT2D eigenvalue weighted by molar-refractivity contribution is 5.90. The predicted molar refractivity (Wildman–Crippen MR) is 149 cm³/mol. The maximum absolute atomic E-state index is 12.5. The van der Waals surface area contributed by atoms with Crippen LogP contribution in [0.2, 0.25) is 0 Å². The molecule has 1 aliphatic heterocycles. The van der Waals surface area contributed by atoms with E-state index in [-0.39, 0.29) is 24.0 Å². The van der Waals surface area contributed by atoms with Crippen LogP contribution in [0.1, 0.15) is 27.2 Å². The molecule has 3 amide bonds. The van der Waals surface area contributed by atoms with E-state index in [0.717, 1.165) is 11.8 Å². The second kappa shape index (κ2) is 12.7. The Balaban J connectivity index is 1.41. The Morgan fingerprint density at radius 3 is 2.46 bits per heavy atom. The van der Waals surface area contributed by atoms with Gasteiger partial charge in [-0.1, -0.05) is 20.8 Å². The van der Waals surface area contributed by atoms with Gasteiger partial charge < -0.3 is 34.5 Å². The largest absolute Gasteiger partial charge is 0.493 e. The van der Waals surface area contributed by atoms with Crippen LogP contribution in [0.3, 0.4) is 0 Å². The molecular formula is C29H36N4O6. The van der Waals surface area contributed by atoms with Crippen molar-refractivity contribution in [3.63, 3.8) is 0 Å². The molecule has 0 aliphatic carbocycles. The number of amides is 3. The summed E-state index contributed by atoms with van der Waals surface area (Å²) < 4.78 is 22.8. The van der Waals surface area contributed by atoms with Crippen molar-refractivity contribution in [3.8, 4) is 23.0 Å². The third kappa shape index (κ3) is 7.97. The number of benzene rings is 2. The highest BCUT2D eigenvalue weighted by Gasteiger charge is 2.19. The first kappa shape index (κ1) is 28.0. The first-order valence-electron chi connectivity index (χ1n) is 13.0. The molecule has 10 heteroatoms. The van der Waals surface area contributed by atoms with E-state index < -0.39 is 0 Å². The van der Waals surface area contributed by atoms with Crippen molar-refractivity contribution in [2.75, 3.05) is 51.9 Å². The SMILES string of the molecule is COc1cc2c(Oc3ccc(NC(=O)NCCC(C)(C)C)cc3)ccnc2cc1OCC(=O)N1CCOCC1. The van der Waals surface area contributed by atoms with Gasteiger partial charge in [-0.2, -0.15) is 0 Å². The highest BCUT2D eigenvalue weighted by Crippen LogP contribution is 2.37. The van der Waals surface area contributed by atoms with Crippen molar-refractivity contribution < 1.29 is 28.5 Å². The maximum Gasteiger partial charge on any atom is 0.319 e. The molecule has 1 saturated heterocycles. The number of nitrogens with one attached hydrogen (secondary N) is 2. The van der Waals surface area contributed by atoms with Gasteiger partial charge in [0.2, 0.25) is 0 Å². The van der Waals surface area contributed by atoms with Crippen LogP contribution in [-0.2, 0) is 9.53 Å². The number of ether oxygens (including phenoxy) is 4.